The first-order valence-corrected chi connectivity index (χ1v) is 12.6. The van der Waals surface area contributed by atoms with E-state index in [9.17, 15) is 0 Å². The van der Waals surface area contributed by atoms with Crippen LogP contribution in [0, 0.1) is 5.92 Å². The number of para-hydroxylation sites is 1. The highest BCUT2D eigenvalue weighted by molar-refractivity contribution is 6.21. The lowest BCUT2D eigenvalue weighted by Crippen LogP contribution is -2.10. The first kappa shape index (κ1) is 20.3. The van der Waals surface area contributed by atoms with Crippen LogP contribution in [0.3, 0.4) is 0 Å². The van der Waals surface area contributed by atoms with Gasteiger partial charge in [0.15, 0.2) is 0 Å². The number of benzene rings is 4. The van der Waals surface area contributed by atoms with Crippen molar-refractivity contribution in [2.75, 3.05) is 5.32 Å². The van der Waals surface area contributed by atoms with Gasteiger partial charge in [0.1, 0.15) is 0 Å². The quantitative estimate of drug-likeness (QED) is 0.269. The Morgan fingerprint density at radius 2 is 1.71 bits per heavy atom. The topological polar surface area (TPSA) is 17.0 Å². The van der Waals surface area contributed by atoms with Crippen LogP contribution in [0.25, 0.3) is 38.3 Å². The van der Waals surface area contributed by atoms with Crippen molar-refractivity contribution in [3.63, 3.8) is 0 Å². The van der Waals surface area contributed by atoms with E-state index in [2.05, 4.69) is 114 Å². The van der Waals surface area contributed by atoms with E-state index < -0.39 is 0 Å². The molecule has 2 aliphatic rings. The Labute approximate surface area is 205 Å². The third kappa shape index (κ3) is 3.32. The molecule has 1 aliphatic heterocycles. The highest BCUT2D eigenvalue weighted by Crippen LogP contribution is 2.40. The molecule has 170 valence electrons. The maximum Gasteiger partial charge on any atom is 0.0562 e. The van der Waals surface area contributed by atoms with Crippen molar-refractivity contribution in [2.45, 2.75) is 25.7 Å². The van der Waals surface area contributed by atoms with Crippen LogP contribution in [0.15, 0.2) is 115 Å². The number of nitrogens with one attached hydrogen (secondary N) is 1. The number of aromatic nitrogens is 1. The normalized spacial score (nSPS) is 17.9. The van der Waals surface area contributed by atoms with Crippen LogP contribution in [0.5, 0.6) is 0 Å². The summed E-state index contributed by atoms with van der Waals surface area (Å²) in [5.41, 5.74) is 8.72. The van der Waals surface area contributed by atoms with Crippen molar-refractivity contribution in [2.24, 2.45) is 5.92 Å². The smallest absolute Gasteiger partial charge is 0.0562 e. The molecule has 2 heterocycles. The second-order valence-corrected chi connectivity index (χ2v) is 9.90. The van der Waals surface area contributed by atoms with Crippen LogP contribution < -0.4 is 5.32 Å². The van der Waals surface area contributed by atoms with E-state index in [1.807, 2.05) is 0 Å². The van der Waals surface area contributed by atoms with E-state index in [0.29, 0.717) is 5.92 Å². The van der Waals surface area contributed by atoms with Gasteiger partial charge < -0.3 is 9.88 Å². The lowest BCUT2D eigenvalue weighted by molar-refractivity contribution is 0.558. The first-order valence-electron chi connectivity index (χ1n) is 12.6. The second-order valence-electron chi connectivity index (χ2n) is 9.90. The van der Waals surface area contributed by atoms with Gasteiger partial charge in [-0.1, -0.05) is 73.3 Å². The average molecular weight is 453 g/mol. The monoisotopic (exact) mass is 452 g/mol. The molecule has 2 nitrogen and oxygen atoms in total. The van der Waals surface area contributed by atoms with Gasteiger partial charge in [0.2, 0.25) is 0 Å². The molecule has 1 unspecified atom stereocenters. The summed E-state index contributed by atoms with van der Waals surface area (Å²) < 4.78 is 2.41. The third-order valence-corrected chi connectivity index (χ3v) is 7.72. The molecule has 0 saturated carbocycles. The number of hydrogen-bond donors (Lipinski definition) is 1. The first-order chi connectivity index (χ1) is 17.3. The van der Waals surface area contributed by atoms with Crippen molar-refractivity contribution < 1.29 is 0 Å². The molecular formula is C33H28N2. The fourth-order valence-electron chi connectivity index (χ4n) is 6.06. The molecule has 0 fully saturated rings. The molecule has 4 aromatic carbocycles. The van der Waals surface area contributed by atoms with E-state index in [0.717, 1.165) is 25.0 Å². The van der Waals surface area contributed by atoms with Crippen LogP contribution in [0.1, 0.15) is 24.8 Å². The van der Waals surface area contributed by atoms with Crippen LogP contribution in [-0.4, -0.2) is 4.57 Å². The summed E-state index contributed by atoms with van der Waals surface area (Å²) in [5.74, 6) is 0.562. The van der Waals surface area contributed by atoms with Gasteiger partial charge in [-0.3, -0.25) is 0 Å². The van der Waals surface area contributed by atoms with E-state index in [1.165, 1.54) is 61.5 Å². The largest absolute Gasteiger partial charge is 0.359 e. The number of rotatable bonds is 1. The fourth-order valence-corrected chi connectivity index (χ4v) is 6.06. The molecule has 2 heteroatoms. The zero-order valence-corrected chi connectivity index (χ0v) is 19.8. The van der Waals surface area contributed by atoms with E-state index in [-0.39, 0.29) is 0 Å². The Morgan fingerprint density at radius 1 is 0.857 bits per heavy atom. The molecule has 0 spiro atoms. The van der Waals surface area contributed by atoms with Gasteiger partial charge in [-0.15, -0.1) is 0 Å². The summed E-state index contributed by atoms with van der Waals surface area (Å²) >= 11 is 0. The summed E-state index contributed by atoms with van der Waals surface area (Å²) in [7, 11) is 0. The summed E-state index contributed by atoms with van der Waals surface area (Å²) in [5, 5.41) is 8.94. The summed E-state index contributed by atoms with van der Waals surface area (Å²) in [4.78, 5) is 0. The minimum Gasteiger partial charge on any atom is -0.359 e. The molecular weight excluding hydrogens is 424 g/mol. The zero-order valence-electron chi connectivity index (χ0n) is 19.8. The highest BCUT2D eigenvalue weighted by Gasteiger charge is 2.21. The Morgan fingerprint density at radius 3 is 2.63 bits per heavy atom. The van der Waals surface area contributed by atoms with Gasteiger partial charge in [-0.2, -0.15) is 0 Å². The van der Waals surface area contributed by atoms with Gasteiger partial charge in [-0.25, -0.2) is 0 Å². The molecule has 5 aromatic rings. The Hall–Kier alpha value is -4.04. The Kier molecular flexibility index (Phi) is 4.66. The Bertz CT molecular complexity index is 1680. The molecule has 7 rings (SSSR count). The highest BCUT2D eigenvalue weighted by atomic mass is 15.0. The van der Waals surface area contributed by atoms with Crippen LogP contribution >= 0.6 is 0 Å². The lowest BCUT2D eigenvalue weighted by Gasteiger charge is -2.22. The van der Waals surface area contributed by atoms with Gasteiger partial charge in [0.05, 0.1) is 11.0 Å². The molecule has 0 radical (unpaired) electrons. The van der Waals surface area contributed by atoms with Crippen molar-refractivity contribution in [3.05, 3.63) is 121 Å². The lowest BCUT2D eigenvalue weighted by atomic mass is 9.85. The number of hydrogen-bond acceptors (Lipinski definition) is 1. The van der Waals surface area contributed by atoms with Gasteiger partial charge in [0, 0.05) is 27.8 Å². The fraction of sp³-hybridized carbons (Fsp3) is 0.152. The van der Waals surface area contributed by atoms with E-state index >= 15 is 0 Å². The van der Waals surface area contributed by atoms with E-state index in [1.54, 1.807) is 0 Å². The number of anilines is 1. The predicted octanol–water partition coefficient (Wildman–Crippen LogP) is 8.70. The summed E-state index contributed by atoms with van der Waals surface area (Å²) in [6.07, 6.45) is 11.4. The zero-order chi connectivity index (χ0) is 23.4. The number of nitrogens with zero attached hydrogens (tertiary/aromatic N) is 1. The molecule has 0 bridgehead atoms. The second kappa shape index (κ2) is 8.02. The molecule has 1 atom stereocenters. The van der Waals surface area contributed by atoms with E-state index in [4.69, 9.17) is 0 Å². The predicted molar refractivity (Wildman–Crippen MR) is 149 cm³/mol. The van der Waals surface area contributed by atoms with Gasteiger partial charge in [-0.05, 0) is 83.8 Å². The van der Waals surface area contributed by atoms with Crippen LogP contribution in [-0.2, 0) is 6.42 Å². The maximum atomic E-state index is 4.42. The molecule has 1 N–H and O–H groups in total. The minimum absolute atomic E-state index is 0.562. The van der Waals surface area contributed by atoms with Crippen molar-refractivity contribution in [3.8, 4) is 5.69 Å². The minimum atomic E-state index is 0.562. The van der Waals surface area contributed by atoms with Crippen LogP contribution in [0.2, 0.25) is 0 Å². The summed E-state index contributed by atoms with van der Waals surface area (Å²) in [6.45, 7) is 4.42. The number of fused-ring (bicyclic) bond motifs is 7. The van der Waals surface area contributed by atoms with Crippen molar-refractivity contribution in [1.82, 2.24) is 4.57 Å². The Balaban J connectivity index is 1.55. The number of allylic oxidation sites excluding steroid dienone is 5. The van der Waals surface area contributed by atoms with Gasteiger partial charge in [0.25, 0.3) is 0 Å². The molecule has 0 saturated heterocycles. The molecule has 1 aromatic heterocycles. The van der Waals surface area contributed by atoms with Crippen LogP contribution in [0.4, 0.5) is 5.69 Å². The summed E-state index contributed by atoms with van der Waals surface area (Å²) in [6, 6.07) is 28.7. The molecule has 0 amide bonds. The maximum absolute atomic E-state index is 4.42. The standard InChI is InChI=1S/C33H28N2/c1-22-19-25-11-6-5-9-23(25)15-16-26-20-29-32(21-30(26)34-22)35(27-12-3-2-4-13-27)31-18-17-24-10-7-8-14-28(24)33(29)31/h2-5,7-10,12-15,17-18,20-21,25,34H,1,6,11,16,19H2. The third-order valence-electron chi connectivity index (χ3n) is 7.72. The molecule has 1 aliphatic carbocycles. The average Bonchev–Trinajstić information content (AvgIpc) is 3.24. The SMILES string of the molecule is C=C1CC2CCC=CC2=CCc2cc3c4c5ccccc5ccc4n(-c4ccccc4)c3cc2N1. The van der Waals surface area contributed by atoms with Gasteiger partial charge >= 0.3 is 0 Å². The van der Waals surface area contributed by atoms with Crippen molar-refractivity contribution >= 4 is 38.3 Å². The molecule has 35 heavy (non-hydrogen) atoms. The van der Waals surface area contributed by atoms with Crippen molar-refractivity contribution in [1.29, 1.82) is 0 Å².